The van der Waals surface area contributed by atoms with Crippen molar-refractivity contribution in [3.05, 3.63) is 43.1 Å². The van der Waals surface area contributed by atoms with Gasteiger partial charge in [-0.05, 0) is 53.0 Å². The van der Waals surface area contributed by atoms with E-state index in [9.17, 15) is 0 Å². The number of thiazole rings is 1. The normalized spacial score (nSPS) is 11.2. The van der Waals surface area contributed by atoms with E-state index in [4.69, 9.17) is 12.2 Å². The molecule has 2 aromatic heterocycles. The van der Waals surface area contributed by atoms with Crippen LogP contribution in [0.3, 0.4) is 0 Å². The maximum Gasteiger partial charge on any atom is 0.178 e. The highest BCUT2D eigenvalue weighted by Gasteiger charge is 2.05. The number of nitrogens with zero attached hydrogens (tertiary/aromatic N) is 2. The van der Waals surface area contributed by atoms with Crippen molar-refractivity contribution in [1.29, 1.82) is 0 Å². The molecular weight excluding hydrogens is 377 g/mol. The van der Waals surface area contributed by atoms with E-state index in [0.717, 1.165) is 33.8 Å². The minimum absolute atomic E-state index is 0.781. The number of hydrogen-bond acceptors (Lipinski definition) is 3. The van der Waals surface area contributed by atoms with E-state index >= 15 is 0 Å². The average Bonchev–Trinajstić information content (AvgIpc) is 2.93. The second-order valence-electron chi connectivity index (χ2n) is 3.92. The van der Waals surface area contributed by atoms with Crippen LogP contribution < -0.4 is 0 Å². The molecular formula is C12H10IN3S2. The van der Waals surface area contributed by atoms with Crippen LogP contribution in [0.4, 0.5) is 0 Å². The number of rotatable bonds is 3. The SMILES string of the molecule is S=c1[nH]c2cc(I)ccc2n1CCc1nccs1. The number of imidazole rings is 1. The van der Waals surface area contributed by atoms with Gasteiger partial charge >= 0.3 is 0 Å². The van der Waals surface area contributed by atoms with Crippen molar-refractivity contribution < 1.29 is 0 Å². The Balaban J connectivity index is 1.96. The van der Waals surface area contributed by atoms with Crippen molar-refractivity contribution in [2.24, 2.45) is 0 Å². The first-order valence-electron chi connectivity index (χ1n) is 5.50. The minimum Gasteiger partial charge on any atom is -0.331 e. The molecule has 1 aromatic carbocycles. The third-order valence-corrected chi connectivity index (χ3v) is 4.60. The van der Waals surface area contributed by atoms with Gasteiger partial charge in [-0.1, -0.05) is 0 Å². The molecule has 18 heavy (non-hydrogen) atoms. The van der Waals surface area contributed by atoms with E-state index < -0.39 is 0 Å². The lowest BCUT2D eigenvalue weighted by Gasteiger charge is -2.02. The molecule has 0 unspecified atom stereocenters. The molecule has 0 atom stereocenters. The maximum absolute atomic E-state index is 5.38. The Morgan fingerprint density at radius 2 is 2.33 bits per heavy atom. The zero-order valence-electron chi connectivity index (χ0n) is 9.39. The Morgan fingerprint density at radius 1 is 1.44 bits per heavy atom. The Bertz CT molecular complexity index is 727. The van der Waals surface area contributed by atoms with Crippen LogP contribution in [0, 0.1) is 8.34 Å². The molecule has 92 valence electrons. The molecule has 0 bridgehead atoms. The fraction of sp³-hybridized carbons (Fsp3) is 0.167. The Labute approximate surface area is 127 Å². The van der Waals surface area contributed by atoms with Crippen LogP contribution in [0.15, 0.2) is 29.8 Å². The van der Waals surface area contributed by atoms with Gasteiger partial charge in [0.15, 0.2) is 4.77 Å². The highest BCUT2D eigenvalue weighted by atomic mass is 127. The summed E-state index contributed by atoms with van der Waals surface area (Å²) in [7, 11) is 0. The zero-order valence-corrected chi connectivity index (χ0v) is 13.2. The number of aromatic amines is 1. The van der Waals surface area contributed by atoms with Crippen molar-refractivity contribution in [1.82, 2.24) is 14.5 Å². The first-order chi connectivity index (χ1) is 8.74. The van der Waals surface area contributed by atoms with E-state index in [1.165, 1.54) is 3.57 Å². The summed E-state index contributed by atoms with van der Waals surface area (Å²) in [6, 6.07) is 6.34. The number of benzene rings is 1. The highest BCUT2D eigenvalue weighted by molar-refractivity contribution is 14.1. The number of fused-ring (bicyclic) bond motifs is 1. The third-order valence-electron chi connectivity index (χ3n) is 2.77. The minimum atomic E-state index is 0.781. The standard InChI is InChI=1S/C12H10IN3S2/c13-8-1-2-10-9(7-8)15-12(17)16(10)5-3-11-14-4-6-18-11/h1-2,4,6-7H,3,5H2,(H,15,17). The predicted octanol–water partition coefficient (Wildman–Crippen LogP) is 4.00. The number of aromatic nitrogens is 3. The molecule has 3 rings (SSSR count). The van der Waals surface area contributed by atoms with Gasteiger partial charge in [0.05, 0.1) is 16.0 Å². The topological polar surface area (TPSA) is 33.6 Å². The van der Waals surface area contributed by atoms with Crippen LogP contribution in [0.2, 0.25) is 0 Å². The molecule has 3 aromatic rings. The Hall–Kier alpha value is -0.730. The summed E-state index contributed by atoms with van der Waals surface area (Å²) in [5, 5.41) is 3.16. The number of nitrogens with one attached hydrogen (secondary N) is 1. The molecule has 0 aliphatic rings. The number of halogens is 1. The predicted molar refractivity (Wildman–Crippen MR) is 85.7 cm³/mol. The van der Waals surface area contributed by atoms with Gasteiger partial charge in [-0.15, -0.1) is 11.3 Å². The molecule has 2 heterocycles. The fourth-order valence-electron chi connectivity index (χ4n) is 1.94. The molecule has 0 aliphatic carbocycles. The van der Waals surface area contributed by atoms with Crippen LogP contribution >= 0.6 is 46.1 Å². The van der Waals surface area contributed by atoms with Crippen LogP contribution in [-0.2, 0) is 13.0 Å². The third kappa shape index (κ3) is 2.36. The maximum atomic E-state index is 5.38. The van der Waals surface area contributed by atoms with Gasteiger partial charge in [-0.25, -0.2) is 4.98 Å². The molecule has 0 saturated heterocycles. The molecule has 0 saturated carbocycles. The molecule has 0 fully saturated rings. The van der Waals surface area contributed by atoms with Gasteiger partial charge in [0.25, 0.3) is 0 Å². The summed E-state index contributed by atoms with van der Waals surface area (Å²) in [5.74, 6) is 0. The molecule has 0 spiro atoms. The molecule has 0 aliphatic heterocycles. The van der Waals surface area contributed by atoms with Crippen molar-refractivity contribution >= 4 is 57.2 Å². The second-order valence-corrected chi connectivity index (χ2v) is 6.53. The summed E-state index contributed by atoms with van der Waals surface area (Å²) in [5.41, 5.74) is 2.27. The molecule has 0 amide bonds. The Morgan fingerprint density at radius 3 is 3.11 bits per heavy atom. The van der Waals surface area contributed by atoms with E-state index in [2.05, 4.69) is 55.3 Å². The summed E-state index contributed by atoms with van der Waals surface area (Å²) in [4.78, 5) is 7.55. The van der Waals surface area contributed by atoms with Crippen molar-refractivity contribution in [2.45, 2.75) is 13.0 Å². The smallest absolute Gasteiger partial charge is 0.178 e. The Kier molecular flexibility index (Phi) is 3.49. The molecule has 6 heteroatoms. The number of aryl methyl sites for hydroxylation is 2. The van der Waals surface area contributed by atoms with E-state index in [1.54, 1.807) is 11.3 Å². The van der Waals surface area contributed by atoms with E-state index in [-0.39, 0.29) is 0 Å². The first-order valence-corrected chi connectivity index (χ1v) is 7.87. The van der Waals surface area contributed by atoms with Crippen molar-refractivity contribution in [3.63, 3.8) is 0 Å². The average molecular weight is 387 g/mol. The summed E-state index contributed by atoms with van der Waals surface area (Å²) < 4.78 is 4.13. The molecule has 3 nitrogen and oxygen atoms in total. The van der Waals surface area contributed by atoms with Crippen LogP contribution in [0.1, 0.15) is 5.01 Å². The lowest BCUT2D eigenvalue weighted by Crippen LogP contribution is -2.01. The number of H-pyrrole nitrogens is 1. The zero-order chi connectivity index (χ0) is 12.5. The largest absolute Gasteiger partial charge is 0.331 e. The highest BCUT2D eigenvalue weighted by Crippen LogP contribution is 2.18. The van der Waals surface area contributed by atoms with Gasteiger partial charge in [-0.2, -0.15) is 0 Å². The van der Waals surface area contributed by atoms with Crippen molar-refractivity contribution in [2.75, 3.05) is 0 Å². The summed E-state index contributed by atoms with van der Waals surface area (Å²) in [6.45, 7) is 0.868. The van der Waals surface area contributed by atoms with Crippen molar-refractivity contribution in [3.8, 4) is 0 Å². The molecule has 0 radical (unpaired) electrons. The van der Waals surface area contributed by atoms with Crippen LogP contribution in [0.5, 0.6) is 0 Å². The van der Waals surface area contributed by atoms with E-state index in [1.807, 2.05) is 11.6 Å². The number of hydrogen-bond donors (Lipinski definition) is 1. The first kappa shape index (κ1) is 12.3. The van der Waals surface area contributed by atoms with E-state index in [0.29, 0.717) is 0 Å². The van der Waals surface area contributed by atoms with Gasteiger partial charge in [-0.3, -0.25) is 0 Å². The fourth-order valence-corrected chi connectivity index (χ4v) is 3.34. The van der Waals surface area contributed by atoms with Crippen LogP contribution in [0.25, 0.3) is 11.0 Å². The monoisotopic (exact) mass is 387 g/mol. The van der Waals surface area contributed by atoms with Gasteiger partial charge in [0.2, 0.25) is 0 Å². The summed E-state index contributed by atoms with van der Waals surface area (Å²) in [6.07, 6.45) is 2.77. The van der Waals surface area contributed by atoms with Gasteiger partial charge < -0.3 is 9.55 Å². The quantitative estimate of drug-likeness (QED) is 0.545. The second kappa shape index (κ2) is 5.10. The molecule has 1 N–H and O–H groups in total. The van der Waals surface area contributed by atoms with Gasteiger partial charge in [0.1, 0.15) is 0 Å². The van der Waals surface area contributed by atoms with Crippen LogP contribution in [-0.4, -0.2) is 14.5 Å². The summed E-state index contributed by atoms with van der Waals surface area (Å²) >= 11 is 9.37. The lowest BCUT2D eigenvalue weighted by atomic mass is 10.3. The van der Waals surface area contributed by atoms with Gasteiger partial charge in [0, 0.05) is 28.1 Å². The lowest BCUT2D eigenvalue weighted by molar-refractivity contribution is 0.703.